The molecule has 0 saturated carbocycles. The molecule has 0 aliphatic carbocycles. The minimum Gasteiger partial charge on any atom is -0.340 e. The van der Waals surface area contributed by atoms with Crippen molar-refractivity contribution >= 4 is 11.0 Å². The molecule has 0 aliphatic rings. The molecule has 0 radical (unpaired) electrons. The van der Waals surface area contributed by atoms with Gasteiger partial charge in [-0.3, -0.25) is 0 Å². The largest absolute Gasteiger partial charge is 0.340 e. The fraction of sp³-hybridized carbons (Fsp3) is 0.364. The van der Waals surface area contributed by atoms with Crippen molar-refractivity contribution in [1.82, 2.24) is 9.97 Å². The number of rotatable bonds is 2. The zero-order valence-electron chi connectivity index (χ0n) is 8.84. The minimum atomic E-state index is -0.536. The van der Waals surface area contributed by atoms with E-state index in [0.717, 1.165) is 6.42 Å². The molecule has 0 saturated heterocycles. The van der Waals surface area contributed by atoms with Crippen molar-refractivity contribution < 1.29 is 4.39 Å². The van der Waals surface area contributed by atoms with Crippen LogP contribution in [0, 0.1) is 5.82 Å². The van der Waals surface area contributed by atoms with Gasteiger partial charge in [0, 0.05) is 0 Å². The molecule has 2 aromatic rings. The van der Waals surface area contributed by atoms with Crippen LogP contribution in [0.3, 0.4) is 0 Å². The minimum absolute atomic E-state index is 0.318. The number of imidazole rings is 1. The number of nitrogens with two attached hydrogens (primary N) is 1. The Balaban J connectivity index is 2.62. The van der Waals surface area contributed by atoms with Crippen LogP contribution in [0.2, 0.25) is 0 Å². The predicted octanol–water partition coefficient (Wildman–Crippen LogP) is 2.29. The van der Waals surface area contributed by atoms with Crippen molar-refractivity contribution in [1.29, 1.82) is 0 Å². The summed E-state index contributed by atoms with van der Waals surface area (Å²) >= 11 is 0. The standard InChI is InChI=1S/C11H14FN3/c1-3-11(2,13)10-14-8-6-4-5-7(12)9(8)15-10/h4-6H,3,13H2,1-2H3,(H,14,15). The van der Waals surface area contributed by atoms with Gasteiger partial charge < -0.3 is 10.7 Å². The summed E-state index contributed by atoms with van der Waals surface area (Å²) < 4.78 is 13.4. The van der Waals surface area contributed by atoms with Crippen LogP contribution in [0.25, 0.3) is 11.0 Å². The highest BCUT2D eigenvalue weighted by molar-refractivity contribution is 5.75. The average molecular weight is 207 g/mol. The SMILES string of the molecule is CCC(C)(N)c1nc2c(F)cccc2[nH]1. The third-order valence-electron chi connectivity index (χ3n) is 2.74. The van der Waals surface area contributed by atoms with Gasteiger partial charge in [0.15, 0.2) is 5.82 Å². The zero-order chi connectivity index (χ0) is 11.1. The summed E-state index contributed by atoms with van der Waals surface area (Å²) in [6, 6.07) is 4.84. The molecular formula is C11H14FN3. The van der Waals surface area contributed by atoms with Gasteiger partial charge in [-0.25, -0.2) is 9.37 Å². The van der Waals surface area contributed by atoms with Gasteiger partial charge in [0.2, 0.25) is 0 Å². The molecule has 0 amide bonds. The molecule has 0 bridgehead atoms. The summed E-state index contributed by atoms with van der Waals surface area (Å²) in [6.07, 6.45) is 0.744. The molecule has 15 heavy (non-hydrogen) atoms. The topological polar surface area (TPSA) is 54.7 Å². The highest BCUT2D eigenvalue weighted by atomic mass is 19.1. The van der Waals surface area contributed by atoms with E-state index in [9.17, 15) is 4.39 Å². The summed E-state index contributed by atoms with van der Waals surface area (Å²) in [7, 11) is 0. The molecule has 4 heteroatoms. The molecule has 1 heterocycles. The van der Waals surface area contributed by atoms with E-state index in [1.165, 1.54) is 6.07 Å². The lowest BCUT2D eigenvalue weighted by Gasteiger charge is -2.19. The molecular weight excluding hydrogens is 193 g/mol. The van der Waals surface area contributed by atoms with Crippen LogP contribution >= 0.6 is 0 Å². The van der Waals surface area contributed by atoms with Gasteiger partial charge >= 0.3 is 0 Å². The van der Waals surface area contributed by atoms with E-state index in [1.54, 1.807) is 12.1 Å². The van der Waals surface area contributed by atoms with E-state index in [4.69, 9.17) is 5.73 Å². The molecule has 0 spiro atoms. The van der Waals surface area contributed by atoms with E-state index >= 15 is 0 Å². The summed E-state index contributed by atoms with van der Waals surface area (Å²) in [5, 5.41) is 0. The second-order valence-electron chi connectivity index (χ2n) is 3.99. The van der Waals surface area contributed by atoms with Crippen molar-refractivity contribution in [2.75, 3.05) is 0 Å². The number of H-pyrrole nitrogens is 1. The smallest absolute Gasteiger partial charge is 0.151 e. The Kier molecular flexibility index (Phi) is 2.23. The first kappa shape index (κ1) is 10.1. The Bertz CT molecular complexity index is 488. The maximum absolute atomic E-state index is 13.4. The fourth-order valence-corrected chi connectivity index (χ4v) is 1.44. The van der Waals surface area contributed by atoms with Crippen LogP contribution in [0.4, 0.5) is 4.39 Å². The summed E-state index contributed by atoms with van der Waals surface area (Å²) in [5.74, 6) is 0.312. The number of hydrogen-bond acceptors (Lipinski definition) is 2. The van der Waals surface area contributed by atoms with E-state index in [-0.39, 0.29) is 5.82 Å². The second-order valence-corrected chi connectivity index (χ2v) is 3.99. The van der Waals surface area contributed by atoms with E-state index in [2.05, 4.69) is 9.97 Å². The molecule has 3 N–H and O–H groups in total. The Hall–Kier alpha value is -1.42. The van der Waals surface area contributed by atoms with Crippen LogP contribution in [-0.4, -0.2) is 9.97 Å². The number of para-hydroxylation sites is 1. The number of hydrogen-bond donors (Lipinski definition) is 2. The van der Waals surface area contributed by atoms with Gasteiger partial charge in [-0.05, 0) is 25.5 Å². The van der Waals surface area contributed by atoms with Crippen molar-refractivity contribution in [3.05, 3.63) is 29.8 Å². The van der Waals surface area contributed by atoms with Gasteiger partial charge in [-0.2, -0.15) is 0 Å². The maximum atomic E-state index is 13.4. The van der Waals surface area contributed by atoms with Crippen molar-refractivity contribution in [3.8, 4) is 0 Å². The molecule has 1 atom stereocenters. The number of nitrogens with zero attached hydrogens (tertiary/aromatic N) is 1. The molecule has 1 aromatic carbocycles. The van der Waals surface area contributed by atoms with Crippen LogP contribution in [-0.2, 0) is 5.54 Å². The van der Waals surface area contributed by atoms with Crippen molar-refractivity contribution in [3.63, 3.8) is 0 Å². The Morgan fingerprint density at radius 1 is 1.53 bits per heavy atom. The Morgan fingerprint density at radius 2 is 2.27 bits per heavy atom. The first-order valence-corrected chi connectivity index (χ1v) is 4.98. The van der Waals surface area contributed by atoms with Crippen LogP contribution in [0.1, 0.15) is 26.1 Å². The number of benzene rings is 1. The summed E-state index contributed by atoms with van der Waals surface area (Å²) in [4.78, 5) is 7.25. The molecule has 0 aliphatic heterocycles. The quantitative estimate of drug-likeness (QED) is 0.793. The van der Waals surface area contributed by atoms with Crippen molar-refractivity contribution in [2.24, 2.45) is 5.73 Å². The summed E-state index contributed by atoms with van der Waals surface area (Å²) in [6.45, 7) is 3.85. The maximum Gasteiger partial charge on any atom is 0.151 e. The highest BCUT2D eigenvalue weighted by Gasteiger charge is 2.23. The lowest BCUT2D eigenvalue weighted by Crippen LogP contribution is -2.33. The molecule has 3 nitrogen and oxygen atoms in total. The Morgan fingerprint density at radius 3 is 2.87 bits per heavy atom. The molecule has 1 unspecified atom stereocenters. The van der Waals surface area contributed by atoms with E-state index in [1.807, 2.05) is 13.8 Å². The summed E-state index contributed by atoms with van der Waals surface area (Å²) in [5.41, 5.74) is 6.55. The number of nitrogens with one attached hydrogen (secondary N) is 1. The van der Waals surface area contributed by atoms with Gasteiger partial charge in [-0.1, -0.05) is 13.0 Å². The van der Waals surface area contributed by atoms with Crippen molar-refractivity contribution in [2.45, 2.75) is 25.8 Å². The van der Waals surface area contributed by atoms with Gasteiger partial charge in [0.25, 0.3) is 0 Å². The number of halogens is 1. The van der Waals surface area contributed by atoms with Crippen LogP contribution in [0.15, 0.2) is 18.2 Å². The van der Waals surface area contributed by atoms with E-state index < -0.39 is 5.54 Å². The third-order valence-corrected chi connectivity index (χ3v) is 2.74. The molecule has 0 fully saturated rings. The molecule has 80 valence electrons. The third kappa shape index (κ3) is 1.61. The normalized spacial score (nSPS) is 15.5. The predicted molar refractivity (Wildman–Crippen MR) is 57.9 cm³/mol. The first-order valence-electron chi connectivity index (χ1n) is 4.98. The Labute approximate surface area is 87.5 Å². The van der Waals surface area contributed by atoms with Gasteiger partial charge in [-0.15, -0.1) is 0 Å². The zero-order valence-corrected chi connectivity index (χ0v) is 8.84. The van der Waals surface area contributed by atoms with Crippen LogP contribution < -0.4 is 5.73 Å². The van der Waals surface area contributed by atoms with E-state index in [0.29, 0.717) is 16.9 Å². The van der Waals surface area contributed by atoms with Crippen LogP contribution in [0.5, 0.6) is 0 Å². The van der Waals surface area contributed by atoms with Gasteiger partial charge in [0.05, 0.1) is 11.1 Å². The number of fused-ring (bicyclic) bond motifs is 1. The average Bonchev–Trinajstić information content (AvgIpc) is 2.64. The second kappa shape index (κ2) is 3.31. The first-order chi connectivity index (χ1) is 7.04. The lowest BCUT2D eigenvalue weighted by atomic mass is 10.0. The fourth-order valence-electron chi connectivity index (χ4n) is 1.44. The molecule has 2 rings (SSSR count). The lowest BCUT2D eigenvalue weighted by molar-refractivity contribution is 0.451. The highest BCUT2D eigenvalue weighted by Crippen LogP contribution is 2.22. The monoisotopic (exact) mass is 207 g/mol. The number of aromatic amines is 1. The molecule has 1 aromatic heterocycles. The number of aromatic nitrogens is 2. The van der Waals surface area contributed by atoms with Gasteiger partial charge in [0.1, 0.15) is 11.3 Å².